The largest absolute Gasteiger partial charge is 0.346 e. The molecule has 0 saturated heterocycles. The maximum atomic E-state index is 3.76. The second-order valence-electron chi connectivity index (χ2n) is 6.21. The van der Waals surface area contributed by atoms with Gasteiger partial charge in [0.2, 0.25) is 0 Å². The Morgan fingerprint density at radius 1 is 1.10 bits per heavy atom. The Bertz CT molecular complexity index is 548. The first kappa shape index (κ1) is 13.7. The van der Waals surface area contributed by atoms with Crippen LogP contribution in [0.2, 0.25) is 0 Å². The van der Waals surface area contributed by atoms with Crippen LogP contribution in [0.25, 0.3) is 10.9 Å². The van der Waals surface area contributed by atoms with E-state index in [1.54, 1.807) is 0 Å². The molecule has 1 N–H and O–H groups in total. The van der Waals surface area contributed by atoms with Gasteiger partial charge in [0, 0.05) is 30.8 Å². The third-order valence-electron chi connectivity index (χ3n) is 4.57. The van der Waals surface area contributed by atoms with Crippen molar-refractivity contribution in [3.8, 4) is 0 Å². The van der Waals surface area contributed by atoms with Gasteiger partial charge in [0.1, 0.15) is 0 Å². The van der Waals surface area contributed by atoms with Crippen LogP contribution in [0.4, 0.5) is 0 Å². The molecule has 1 aliphatic carbocycles. The van der Waals surface area contributed by atoms with Crippen molar-refractivity contribution in [2.24, 2.45) is 0 Å². The number of aromatic nitrogens is 1. The monoisotopic (exact) mass is 270 g/mol. The molecular weight excluding hydrogens is 244 g/mol. The van der Waals surface area contributed by atoms with Gasteiger partial charge in [-0.05, 0) is 42.8 Å². The molecule has 0 radical (unpaired) electrons. The average molecular weight is 270 g/mol. The Morgan fingerprint density at radius 3 is 2.70 bits per heavy atom. The lowest BCUT2D eigenvalue weighted by Crippen LogP contribution is -2.31. The Labute approximate surface area is 122 Å². The average Bonchev–Trinajstić information content (AvgIpc) is 2.68. The van der Waals surface area contributed by atoms with Gasteiger partial charge in [-0.2, -0.15) is 0 Å². The summed E-state index contributed by atoms with van der Waals surface area (Å²) >= 11 is 0. The topological polar surface area (TPSA) is 17.0 Å². The molecule has 20 heavy (non-hydrogen) atoms. The molecule has 0 unspecified atom stereocenters. The molecule has 1 fully saturated rings. The number of hydrogen-bond acceptors (Lipinski definition) is 1. The molecular formula is C18H26N2. The molecule has 2 heteroatoms. The molecule has 1 aromatic heterocycles. The molecule has 1 aliphatic rings. The highest BCUT2D eigenvalue weighted by molar-refractivity contribution is 5.80. The van der Waals surface area contributed by atoms with Gasteiger partial charge < -0.3 is 9.88 Å². The fourth-order valence-electron chi connectivity index (χ4n) is 3.36. The van der Waals surface area contributed by atoms with Gasteiger partial charge >= 0.3 is 0 Å². The molecule has 108 valence electrons. The van der Waals surface area contributed by atoms with E-state index in [0.29, 0.717) is 0 Å². The van der Waals surface area contributed by atoms with Gasteiger partial charge in [0.05, 0.1) is 0 Å². The predicted molar refractivity (Wildman–Crippen MR) is 86.2 cm³/mol. The number of rotatable bonds is 4. The second-order valence-corrected chi connectivity index (χ2v) is 6.21. The highest BCUT2D eigenvalue weighted by Crippen LogP contribution is 2.18. The standard InChI is InChI=1S/C18H26N2/c1-15-8-9-16-10-12-20(18(16)14-15)13-11-19-17-6-4-2-3-5-7-17/h8-10,12,14,17,19H,2-7,11,13H2,1H3. The summed E-state index contributed by atoms with van der Waals surface area (Å²) in [5.74, 6) is 0. The zero-order chi connectivity index (χ0) is 13.8. The van der Waals surface area contributed by atoms with Crippen molar-refractivity contribution in [3.63, 3.8) is 0 Å². The van der Waals surface area contributed by atoms with E-state index in [-0.39, 0.29) is 0 Å². The van der Waals surface area contributed by atoms with E-state index in [1.807, 2.05) is 0 Å². The maximum absolute atomic E-state index is 3.76. The third-order valence-corrected chi connectivity index (χ3v) is 4.57. The minimum Gasteiger partial charge on any atom is -0.346 e. The molecule has 0 aliphatic heterocycles. The Morgan fingerprint density at radius 2 is 1.90 bits per heavy atom. The van der Waals surface area contributed by atoms with Crippen LogP contribution in [0.1, 0.15) is 44.1 Å². The number of nitrogens with zero attached hydrogens (tertiary/aromatic N) is 1. The van der Waals surface area contributed by atoms with Gasteiger partial charge in [-0.1, -0.05) is 37.8 Å². The molecule has 0 spiro atoms. The highest BCUT2D eigenvalue weighted by Gasteiger charge is 2.11. The lowest BCUT2D eigenvalue weighted by molar-refractivity contribution is 0.447. The molecule has 0 atom stereocenters. The zero-order valence-electron chi connectivity index (χ0n) is 12.6. The van der Waals surface area contributed by atoms with Crippen molar-refractivity contribution in [2.45, 2.75) is 58.0 Å². The molecule has 1 saturated carbocycles. The van der Waals surface area contributed by atoms with E-state index >= 15 is 0 Å². The van der Waals surface area contributed by atoms with E-state index in [0.717, 1.165) is 19.1 Å². The first-order valence-corrected chi connectivity index (χ1v) is 8.12. The van der Waals surface area contributed by atoms with Crippen molar-refractivity contribution in [3.05, 3.63) is 36.0 Å². The minimum atomic E-state index is 0.751. The Balaban J connectivity index is 1.58. The SMILES string of the molecule is Cc1ccc2ccn(CCNC3CCCCCC3)c2c1. The first-order valence-electron chi connectivity index (χ1n) is 8.12. The summed E-state index contributed by atoms with van der Waals surface area (Å²) in [7, 11) is 0. The van der Waals surface area contributed by atoms with Crippen LogP contribution >= 0.6 is 0 Å². The quantitative estimate of drug-likeness (QED) is 0.821. The molecule has 3 rings (SSSR count). The van der Waals surface area contributed by atoms with Crippen LogP contribution in [0.5, 0.6) is 0 Å². The molecule has 2 aromatic rings. The number of hydrogen-bond donors (Lipinski definition) is 1. The normalized spacial score (nSPS) is 17.4. The smallest absolute Gasteiger partial charge is 0.0483 e. The van der Waals surface area contributed by atoms with Gasteiger partial charge in [0.15, 0.2) is 0 Å². The van der Waals surface area contributed by atoms with Crippen LogP contribution in [-0.2, 0) is 6.54 Å². The summed E-state index contributed by atoms with van der Waals surface area (Å²) < 4.78 is 2.38. The summed E-state index contributed by atoms with van der Waals surface area (Å²) in [4.78, 5) is 0. The van der Waals surface area contributed by atoms with Gasteiger partial charge in [-0.25, -0.2) is 0 Å². The molecule has 0 amide bonds. The summed E-state index contributed by atoms with van der Waals surface area (Å²) in [6, 6.07) is 9.68. The Hall–Kier alpha value is -1.28. The summed E-state index contributed by atoms with van der Waals surface area (Å²) in [5.41, 5.74) is 2.71. The fraction of sp³-hybridized carbons (Fsp3) is 0.556. The molecule has 1 heterocycles. The van der Waals surface area contributed by atoms with E-state index in [9.17, 15) is 0 Å². The second kappa shape index (κ2) is 6.45. The lowest BCUT2D eigenvalue weighted by atomic mass is 10.1. The number of benzene rings is 1. The van der Waals surface area contributed by atoms with E-state index in [2.05, 4.69) is 47.3 Å². The van der Waals surface area contributed by atoms with Crippen LogP contribution in [0, 0.1) is 6.92 Å². The fourth-order valence-corrected chi connectivity index (χ4v) is 3.36. The van der Waals surface area contributed by atoms with Crippen LogP contribution in [-0.4, -0.2) is 17.2 Å². The molecule has 1 aromatic carbocycles. The van der Waals surface area contributed by atoms with Crippen molar-refractivity contribution >= 4 is 10.9 Å². The number of fused-ring (bicyclic) bond motifs is 1. The van der Waals surface area contributed by atoms with Gasteiger partial charge in [-0.15, -0.1) is 0 Å². The van der Waals surface area contributed by atoms with Crippen molar-refractivity contribution in [1.29, 1.82) is 0 Å². The number of aryl methyl sites for hydroxylation is 1. The molecule has 2 nitrogen and oxygen atoms in total. The van der Waals surface area contributed by atoms with E-state index in [4.69, 9.17) is 0 Å². The highest BCUT2D eigenvalue weighted by atomic mass is 15.0. The van der Waals surface area contributed by atoms with Crippen molar-refractivity contribution < 1.29 is 0 Å². The minimum absolute atomic E-state index is 0.751. The van der Waals surface area contributed by atoms with Crippen molar-refractivity contribution in [1.82, 2.24) is 9.88 Å². The predicted octanol–water partition coefficient (Wildman–Crippen LogP) is 4.26. The van der Waals surface area contributed by atoms with E-state index < -0.39 is 0 Å². The maximum Gasteiger partial charge on any atom is 0.0483 e. The van der Waals surface area contributed by atoms with Crippen LogP contribution < -0.4 is 5.32 Å². The third kappa shape index (κ3) is 3.24. The van der Waals surface area contributed by atoms with Gasteiger partial charge in [0.25, 0.3) is 0 Å². The zero-order valence-corrected chi connectivity index (χ0v) is 12.6. The summed E-state index contributed by atoms with van der Waals surface area (Å²) in [6.07, 6.45) is 10.6. The Kier molecular flexibility index (Phi) is 4.41. The summed E-state index contributed by atoms with van der Waals surface area (Å²) in [6.45, 7) is 4.33. The number of nitrogens with one attached hydrogen (secondary N) is 1. The van der Waals surface area contributed by atoms with Gasteiger partial charge in [-0.3, -0.25) is 0 Å². The summed E-state index contributed by atoms with van der Waals surface area (Å²) in [5, 5.41) is 5.11. The van der Waals surface area contributed by atoms with Crippen LogP contribution in [0.3, 0.4) is 0 Å². The van der Waals surface area contributed by atoms with E-state index in [1.165, 1.54) is 55.0 Å². The molecule has 0 bridgehead atoms. The van der Waals surface area contributed by atoms with Crippen LogP contribution in [0.15, 0.2) is 30.5 Å². The first-order chi connectivity index (χ1) is 9.83. The van der Waals surface area contributed by atoms with Crippen molar-refractivity contribution in [2.75, 3.05) is 6.54 Å². The lowest BCUT2D eigenvalue weighted by Gasteiger charge is -2.16.